The predicted octanol–water partition coefficient (Wildman–Crippen LogP) is 1.36. The minimum absolute atomic E-state index is 0.200. The van der Waals surface area contributed by atoms with Gasteiger partial charge in [-0.05, 0) is 18.0 Å². The number of nitrogens with one attached hydrogen (secondary N) is 1. The molecule has 1 rings (SSSR count). The van der Waals surface area contributed by atoms with E-state index >= 15 is 0 Å². The Bertz CT molecular complexity index is 245. The van der Waals surface area contributed by atoms with E-state index < -0.39 is 0 Å². The minimum atomic E-state index is 0.200. The molecule has 0 aromatic carbocycles. The Hall–Kier alpha value is -0.830. The maximum Gasteiger partial charge on any atom is 0.0901 e. The van der Waals surface area contributed by atoms with Crippen molar-refractivity contribution >= 4 is 0 Å². The summed E-state index contributed by atoms with van der Waals surface area (Å²) in [5.41, 5.74) is 1.48. The van der Waals surface area contributed by atoms with Crippen molar-refractivity contribution in [2.75, 3.05) is 7.05 Å². The van der Waals surface area contributed by atoms with E-state index in [9.17, 15) is 0 Å². The first-order valence-corrected chi connectivity index (χ1v) is 4.21. The van der Waals surface area contributed by atoms with Crippen LogP contribution in [0.25, 0.3) is 0 Å². The van der Waals surface area contributed by atoms with Gasteiger partial charge in [0.25, 0.3) is 0 Å². The fourth-order valence-electron chi connectivity index (χ4n) is 0.999. The number of nitrogens with zero attached hydrogens (tertiary/aromatic N) is 2. The van der Waals surface area contributed by atoms with Crippen LogP contribution in [0.3, 0.4) is 0 Å². The Kier molecular flexibility index (Phi) is 2.52. The summed E-state index contributed by atoms with van der Waals surface area (Å²) in [5.74, 6) is 0. The van der Waals surface area contributed by atoms with Gasteiger partial charge in [0.1, 0.15) is 0 Å². The lowest BCUT2D eigenvalue weighted by Gasteiger charge is -2.14. The van der Waals surface area contributed by atoms with Gasteiger partial charge in [-0.15, -0.1) is 0 Å². The standard InChI is InChI=1S/C9H17N3/c1-9(2,3)8-5-11-12(6-8)7-10-4/h5-6,10H,7H2,1-4H3. The summed E-state index contributed by atoms with van der Waals surface area (Å²) in [7, 11) is 1.92. The number of hydrogen-bond donors (Lipinski definition) is 1. The molecule has 1 aromatic rings. The summed E-state index contributed by atoms with van der Waals surface area (Å²) >= 11 is 0. The zero-order valence-corrected chi connectivity index (χ0v) is 8.26. The van der Waals surface area contributed by atoms with Crippen molar-refractivity contribution in [1.82, 2.24) is 15.1 Å². The Balaban J connectivity index is 2.77. The maximum atomic E-state index is 4.23. The third kappa shape index (κ3) is 2.08. The lowest BCUT2D eigenvalue weighted by Crippen LogP contribution is -2.14. The van der Waals surface area contributed by atoms with Crippen molar-refractivity contribution in [3.63, 3.8) is 0 Å². The fourth-order valence-corrected chi connectivity index (χ4v) is 0.999. The molecule has 0 amide bonds. The van der Waals surface area contributed by atoms with Gasteiger partial charge < -0.3 is 5.32 Å². The second-order valence-electron chi connectivity index (χ2n) is 4.03. The maximum absolute atomic E-state index is 4.23. The highest BCUT2D eigenvalue weighted by Crippen LogP contribution is 2.20. The monoisotopic (exact) mass is 167 g/mol. The second kappa shape index (κ2) is 3.27. The summed E-state index contributed by atoms with van der Waals surface area (Å²) in [4.78, 5) is 0. The minimum Gasteiger partial charge on any atom is -0.301 e. The molecule has 0 aliphatic carbocycles. The van der Waals surface area contributed by atoms with E-state index in [0.717, 1.165) is 6.67 Å². The van der Waals surface area contributed by atoms with Crippen LogP contribution in [-0.4, -0.2) is 16.8 Å². The summed E-state index contributed by atoms with van der Waals surface area (Å²) in [5, 5.41) is 7.28. The van der Waals surface area contributed by atoms with Crippen molar-refractivity contribution in [1.29, 1.82) is 0 Å². The van der Waals surface area contributed by atoms with E-state index in [1.165, 1.54) is 5.56 Å². The molecule has 0 saturated heterocycles. The Morgan fingerprint density at radius 1 is 1.50 bits per heavy atom. The van der Waals surface area contributed by atoms with Gasteiger partial charge in [0.2, 0.25) is 0 Å². The van der Waals surface area contributed by atoms with E-state index in [1.54, 1.807) is 0 Å². The van der Waals surface area contributed by atoms with Gasteiger partial charge in [-0.2, -0.15) is 5.10 Å². The highest BCUT2D eigenvalue weighted by molar-refractivity contribution is 5.14. The van der Waals surface area contributed by atoms with Crippen LogP contribution in [0, 0.1) is 0 Å². The van der Waals surface area contributed by atoms with Gasteiger partial charge in [-0.3, -0.25) is 4.68 Å². The molecular weight excluding hydrogens is 150 g/mol. The van der Waals surface area contributed by atoms with Crippen LogP contribution in [0.4, 0.5) is 0 Å². The van der Waals surface area contributed by atoms with E-state index in [-0.39, 0.29) is 5.41 Å². The Labute approximate surface area is 73.8 Å². The Morgan fingerprint density at radius 3 is 2.58 bits per heavy atom. The van der Waals surface area contributed by atoms with Crippen LogP contribution in [0.5, 0.6) is 0 Å². The van der Waals surface area contributed by atoms with E-state index in [2.05, 4.69) is 37.4 Å². The van der Waals surface area contributed by atoms with Gasteiger partial charge in [0.15, 0.2) is 0 Å². The zero-order chi connectivity index (χ0) is 9.19. The van der Waals surface area contributed by atoms with Crippen molar-refractivity contribution in [2.24, 2.45) is 0 Å². The van der Waals surface area contributed by atoms with Crippen LogP contribution in [0.1, 0.15) is 26.3 Å². The third-order valence-electron chi connectivity index (χ3n) is 1.82. The quantitative estimate of drug-likeness (QED) is 0.720. The molecule has 0 spiro atoms. The predicted molar refractivity (Wildman–Crippen MR) is 50.0 cm³/mol. The molecule has 0 aliphatic heterocycles. The second-order valence-corrected chi connectivity index (χ2v) is 4.03. The van der Waals surface area contributed by atoms with Crippen molar-refractivity contribution < 1.29 is 0 Å². The van der Waals surface area contributed by atoms with E-state index in [4.69, 9.17) is 0 Å². The van der Waals surface area contributed by atoms with Gasteiger partial charge in [0, 0.05) is 6.20 Å². The molecule has 0 fully saturated rings. The average Bonchev–Trinajstić information content (AvgIpc) is 2.35. The molecule has 0 unspecified atom stereocenters. The van der Waals surface area contributed by atoms with Crippen LogP contribution in [0.2, 0.25) is 0 Å². The van der Waals surface area contributed by atoms with Gasteiger partial charge in [0.05, 0.1) is 12.9 Å². The molecule has 1 heterocycles. The molecule has 3 heteroatoms. The molecule has 12 heavy (non-hydrogen) atoms. The molecule has 0 aliphatic rings. The average molecular weight is 167 g/mol. The van der Waals surface area contributed by atoms with Crippen molar-refractivity contribution in [3.8, 4) is 0 Å². The zero-order valence-electron chi connectivity index (χ0n) is 8.26. The highest BCUT2D eigenvalue weighted by Gasteiger charge is 2.14. The molecule has 68 valence electrons. The lowest BCUT2D eigenvalue weighted by atomic mass is 9.90. The number of aromatic nitrogens is 2. The molecule has 0 bridgehead atoms. The normalized spacial score (nSPS) is 12.0. The van der Waals surface area contributed by atoms with Gasteiger partial charge in [-0.1, -0.05) is 20.8 Å². The fraction of sp³-hybridized carbons (Fsp3) is 0.667. The molecular formula is C9H17N3. The first kappa shape index (κ1) is 9.26. The molecule has 1 aromatic heterocycles. The topological polar surface area (TPSA) is 29.9 Å². The highest BCUT2D eigenvalue weighted by atomic mass is 15.3. The Morgan fingerprint density at radius 2 is 2.17 bits per heavy atom. The smallest absolute Gasteiger partial charge is 0.0901 e. The summed E-state index contributed by atoms with van der Waals surface area (Å²) in [6.45, 7) is 7.34. The molecule has 1 N–H and O–H groups in total. The van der Waals surface area contributed by atoms with Crippen molar-refractivity contribution in [2.45, 2.75) is 32.9 Å². The summed E-state index contributed by atoms with van der Waals surface area (Å²) < 4.78 is 1.90. The van der Waals surface area contributed by atoms with Gasteiger partial charge >= 0.3 is 0 Å². The molecule has 0 radical (unpaired) electrons. The largest absolute Gasteiger partial charge is 0.301 e. The van der Waals surface area contributed by atoms with Crippen LogP contribution < -0.4 is 5.32 Å². The van der Waals surface area contributed by atoms with Crippen LogP contribution in [0.15, 0.2) is 12.4 Å². The first-order valence-electron chi connectivity index (χ1n) is 4.21. The van der Waals surface area contributed by atoms with E-state index in [1.807, 2.05) is 17.9 Å². The summed E-state index contributed by atoms with van der Waals surface area (Å²) in [6.07, 6.45) is 4.01. The van der Waals surface area contributed by atoms with E-state index in [0.29, 0.717) is 0 Å². The third-order valence-corrected chi connectivity index (χ3v) is 1.82. The van der Waals surface area contributed by atoms with Gasteiger partial charge in [-0.25, -0.2) is 0 Å². The first-order chi connectivity index (χ1) is 5.54. The number of rotatable bonds is 2. The molecule has 0 saturated carbocycles. The SMILES string of the molecule is CNCn1cc(C(C)(C)C)cn1. The lowest BCUT2D eigenvalue weighted by molar-refractivity contribution is 0.549. The summed E-state index contributed by atoms with van der Waals surface area (Å²) in [6, 6.07) is 0. The van der Waals surface area contributed by atoms with Crippen molar-refractivity contribution in [3.05, 3.63) is 18.0 Å². The van der Waals surface area contributed by atoms with Crippen LogP contribution >= 0.6 is 0 Å². The molecule has 3 nitrogen and oxygen atoms in total. The number of hydrogen-bond acceptors (Lipinski definition) is 2. The van der Waals surface area contributed by atoms with Crippen LogP contribution in [-0.2, 0) is 12.1 Å². The molecule has 0 atom stereocenters.